The Morgan fingerprint density at radius 1 is 1.37 bits per heavy atom. The van der Waals surface area contributed by atoms with Crippen LogP contribution in [0.3, 0.4) is 0 Å². The molecule has 1 heterocycles. The first-order chi connectivity index (χ1) is 9.17. The summed E-state index contributed by atoms with van der Waals surface area (Å²) < 4.78 is 0. The van der Waals surface area contributed by atoms with Crippen molar-refractivity contribution in [1.82, 2.24) is 15.5 Å². The molecule has 110 valence electrons. The number of rotatable bonds is 7. The van der Waals surface area contributed by atoms with Gasteiger partial charge < -0.3 is 15.5 Å². The lowest BCUT2D eigenvalue weighted by atomic mass is 10.2. The van der Waals surface area contributed by atoms with Gasteiger partial charge in [-0.1, -0.05) is 6.92 Å². The Labute approximate surface area is 119 Å². The van der Waals surface area contributed by atoms with Crippen molar-refractivity contribution in [2.45, 2.75) is 31.4 Å². The summed E-state index contributed by atoms with van der Waals surface area (Å²) >= 11 is 1.73. The second kappa shape index (κ2) is 9.20. The highest BCUT2D eigenvalue weighted by Gasteiger charge is 2.19. The summed E-state index contributed by atoms with van der Waals surface area (Å²) in [4.78, 5) is 25.2. The number of nitrogens with zero attached hydrogens (tertiary/aromatic N) is 1. The van der Waals surface area contributed by atoms with Crippen LogP contribution in [-0.4, -0.2) is 60.9 Å². The van der Waals surface area contributed by atoms with Crippen LogP contribution in [0.25, 0.3) is 0 Å². The highest BCUT2D eigenvalue weighted by atomic mass is 32.2. The van der Waals surface area contributed by atoms with Crippen LogP contribution < -0.4 is 10.6 Å². The van der Waals surface area contributed by atoms with Gasteiger partial charge in [-0.15, -0.1) is 11.8 Å². The Morgan fingerprint density at radius 2 is 2.05 bits per heavy atom. The molecule has 0 atom stereocenters. The number of amides is 2. The molecule has 0 saturated carbocycles. The fraction of sp³-hybridized carbons (Fsp3) is 0.846. The Morgan fingerprint density at radius 3 is 2.63 bits per heavy atom. The Balaban J connectivity index is 2.35. The Hall–Kier alpha value is -0.750. The normalized spacial score (nSPS) is 16.1. The summed E-state index contributed by atoms with van der Waals surface area (Å²) in [5, 5.41) is 6.46. The molecule has 5 nitrogen and oxygen atoms in total. The van der Waals surface area contributed by atoms with Crippen molar-refractivity contribution in [3.63, 3.8) is 0 Å². The van der Waals surface area contributed by atoms with Crippen molar-refractivity contribution in [3.8, 4) is 0 Å². The van der Waals surface area contributed by atoms with Crippen molar-refractivity contribution in [2.24, 2.45) is 0 Å². The summed E-state index contributed by atoms with van der Waals surface area (Å²) in [5.41, 5.74) is 0. The maximum absolute atomic E-state index is 12.1. The van der Waals surface area contributed by atoms with Crippen LogP contribution in [0.2, 0.25) is 0 Å². The van der Waals surface area contributed by atoms with Crippen LogP contribution in [0.5, 0.6) is 0 Å². The Bertz CT molecular complexity index is 294. The zero-order valence-electron chi connectivity index (χ0n) is 11.9. The van der Waals surface area contributed by atoms with Gasteiger partial charge in [0, 0.05) is 18.8 Å². The highest BCUT2D eigenvalue weighted by Crippen LogP contribution is 2.20. The third-order valence-electron chi connectivity index (χ3n) is 3.19. The quantitative estimate of drug-likeness (QED) is 0.714. The van der Waals surface area contributed by atoms with E-state index in [9.17, 15) is 9.59 Å². The molecule has 0 unspecified atom stereocenters. The molecule has 1 fully saturated rings. The van der Waals surface area contributed by atoms with Crippen LogP contribution in [0.1, 0.15) is 26.2 Å². The van der Waals surface area contributed by atoms with E-state index in [1.807, 2.05) is 6.92 Å². The van der Waals surface area contributed by atoms with Gasteiger partial charge in [-0.25, -0.2) is 0 Å². The van der Waals surface area contributed by atoms with E-state index in [2.05, 4.69) is 10.6 Å². The fourth-order valence-electron chi connectivity index (χ4n) is 2.06. The predicted molar refractivity (Wildman–Crippen MR) is 79.3 cm³/mol. The van der Waals surface area contributed by atoms with Crippen LogP contribution in [0, 0.1) is 0 Å². The van der Waals surface area contributed by atoms with Gasteiger partial charge in [0.2, 0.25) is 11.8 Å². The SMILES string of the molecule is CCCN(CC(=O)NC)C(=O)CSC1CCNCC1. The first kappa shape index (κ1) is 16.3. The van der Waals surface area contributed by atoms with Crippen LogP contribution in [0.4, 0.5) is 0 Å². The zero-order chi connectivity index (χ0) is 14.1. The maximum atomic E-state index is 12.1. The minimum atomic E-state index is -0.103. The highest BCUT2D eigenvalue weighted by molar-refractivity contribution is 8.00. The topological polar surface area (TPSA) is 61.4 Å². The average Bonchev–Trinajstić information content (AvgIpc) is 2.45. The van der Waals surface area contributed by atoms with E-state index in [0.29, 0.717) is 17.5 Å². The molecular weight excluding hydrogens is 262 g/mol. The summed E-state index contributed by atoms with van der Waals surface area (Å²) in [6.07, 6.45) is 3.13. The van der Waals surface area contributed by atoms with E-state index in [4.69, 9.17) is 0 Å². The second-order valence-corrected chi connectivity index (χ2v) is 6.04. The fourth-order valence-corrected chi connectivity index (χ4v) is 3.19. The number of thioether (sulfide) groups is 1. The van der Waals surface area contributed by atoms with Gasteiger partial charge >= 0.3 is 0 Å². The molecule has 0 aliphatic carbocycles. The van der Waals surface area contributed by atoms with Crippen LogP contribution >= 0.6 is 11.8 Å². The molecule has 2 amide bonds. The third kappa shape index (κ3) is 6.29. The van der Waals surface area contributed by atoms with Crippen molar-refractivity contribution in [1.29, 1.82) is 0 Å². The minimum Gasteiger partial charge on any atom is -0.358 e. The standard InChI is InChI=1S/C13H25N3O2S/c1-3-8-16(9-12(17)14-2)13(18)10-19-11-4-6-15-7-5-11/h11,15H,3-10H2,1-2H3,(H,14,17). The van der Waals surface area contributed by atoms with Crippen molar-refractivity contribution < 1.29 is 9.59 Å². The van der Waals surface area contributed by atoms with E-state index in [0.717, 1.165) is 32.4 Å². The molecule has 1 aliphatic rings. The molecule has 0 aromatic rings. The van der Waals surface area contributed by atoms with Gasteiger partial charge in [0.15, 0.2) is 0 Å². The molecule has 1 saturated heterocycles. The largest absolute Gasteiger partial charge is 0.358 e. The molecule has 0 radical (unpaired) electrons. The van der Waals surface area contributed by atoms with Crippen LogP contribution in [0.15, 0.2) is 0 Å². The second-order valence-electron chi connectivity index (χ2n) is 4.75. The van der Waals surface area contributed by atoms with Crippen molar-refractivity contribution in [3.05, 3.63) is 0 Å². The molecule has 1 aliphatic heterocycles. The molecule has 0 aromatic carbocycles. The average molecular weight is 287 g/mol. The van der Waals surface area contributed by atoms with E-state index in [1.165, 1.54) is 0 Å². The predicted octanol–water partition coefficient (Wildman–Crippen LogP) is 0.456. The van der Waals surface area contributed by atoms with Crippen molar-refractivity contribution in [2.75, 3.05) is 39.0 Å². The number of nitrogens with one attached hydrogen (secondary N) is 2. The smallest absolute Gasteiger partial charge is 0.239 e. The number of hydrogen-bond acceptors (Lipinski definition) is 4. The first-order valence-electron chi connectivity index (χ1n) is 6.98. The summed E-state index contributed by atoms with van der Waals surface area (Å²) in [6, 6.07) is 0. The van der Waals surface area contributed by atoms with E-state index < -0.39 is 0 Å². The monoisotopic (exact) mass is 287 g/mol. The Kier molecular flexibility index (Phi) is 7.90. The number of likely N-dealkylation sites (N-methyl/N-ethyl adjacent to an activating group) is 1. The number of piperidine rings is 1. The first-order valence-corrected chi connectivity index (χ1v) is 8.03. The molecular formula is C13H25N3O2S. The van der Waals surface area contributed by atoms with Crippen molar-refractivity contribution >= 4 is 23.6 Å². The van der Waals surface area contributed by atoms with E-state index in [1.54, 1.807) is 23.7 Å². The maximum Gasteiger partial charge on any atom is 0.239 e. The summed E-state index contributed by atoms with van der Waals surface area (Å²) in [7, 11) is 1.60. The van der Waals surface area contributed by atoms with Gasteiger partial charge in [0.25, 0.3) is 0 Å². The molecule has 0 bridgehead atoms. The van der Waals surface area contributed by atoms with E-state index in [-0.39, 0.29) is 18.4 Å². The lowest BCUT2D eigenvalue weighted by molar-refractivity contribution is -0.133. The molecule has 0 aromatic heterocycles. The lowest BCUT2D eigenvalue weighted by Crippen LogP contribution is -2.41. The molecule has 2 N–H and O–H groups in total. The summed E-state index contributed by atoms with van der Waals surface area (Å²) in [6.45, 7) is 4.94. The number of hydrogen-bond donors (Lipinski definition) is 2. The minimum absolute atomic E-state index is 0.0778. The zero-order valence-corrected chi connectivity index (χ0v) is 12.7. The molecule has 0 spiro atoms. The number of carbonyl (C=O) groups excluding carboxylic acids is 2. The lowest BCUT2D eigenvalue weighted by Gasteiger charge is -2.24. The van der Waals surface area contributed by atoms with Gasteiger partial charge in [-0.05, 0) is 32.4 Å². The third-order valence-corrected chi connectivity index (χ3v) is 4.54. The van der Waals surface area contributed by atoms with Gasteiger partial charge in [-0.2, -0.15) is 0 Å². The van der Waals surface area contributed by atoms with Gasteiger partial charge in [0.05, 0.1) is 12.3 Å². The van der Waals surface area contributed by atoms with Gasteiger partial charge in [-0.3, -0.25) is 9.59 Å². The molecule has 6 heteroatoms. The summed E-state index contributed by atoms with van der Waals surface area (Å²) in [5.74, 6) is 0.462. The van der Waals surface area contributed by atoms with Gasteiger partial charge in [0.1, 0.15) is 0 Å². The molecule has 19 heavy (non-hydrogen) atoms. The van der Waals surface area contributed by atoms with E-state index >= 15 is 0 Å². The van der Waals surface area contributed by atoms with Crippen LogP contribution in [-0.2, 0) is 9.59 Å². The molecule has 1 rings (SSSR count). The number of carbonyl (C=O) groups is 2.